The summed E-state index contributed by atoms with van der Waals surface area (Å²) >= 11 is 0. The first-order chi connectivity index (χ1) is 9.24. The molecule has 0 aliphatic heterocycles. The van der Waals surface area contributed by atoms with Crippen LogP contribution in [0.15, 0.2) is 18.3 Å². The summed E-state index contributed by atoms with van der Waals surface area (Å²) in [7, 11) is 0. The zero-order valence-corrected chi connectivity index (χ0v) is 12.2. The van der Waals surface area contributed by atoms with Crippen LogP contribution in [0, 0.1) is 11.3 Å². The SMILES string of the molecule is CC(C)C(C)(C)CNC(=O)Nc1cccnc1C(=O)O. The largest absolute Gasteiger partial charge is 0.476 e. The number of aromatic carboxylic acids is 1. The molecule has 1 rings (SSSR count). The smallest absolute Gasteiger partial charge is 0.356 e. The van der Waals surface area contributed by atoms with Crippen molar-refractivity contribution in [1.29, 1.82) is 0 Å². The summed E-state index contributed by atoms with van der Waals surface area (Å²) in [6, 6.07) is 2.64. The van der Waals surface area contributed by atoms with Crippen molar-refractivity contribution in [2.45, 2.75) is 27.7 Å². The summed E-state index contributed by atoms with van der Waals surface area (Å²) in [5.74, 6) is -0.765. The Morgan fingerprint density at radius 2 is 2.05 bits per heavy atom. The third kappa shape index (κ3) is 4.22. The Bertz CT molecular complexity index is 498. The molecule has 20 heavy (non-hydrogen) atoms. The van der Waals surface area contributed by atoms with Gasteiger partial charge in [0.2, 0.25) is 0 Å². The van der Waals surface area contributed by atoms with Gasteiger partial charge in [-0.05, 0) is 23.5 Å². The second kappa shape index (κ2) is 6.36. The number of anilines is 1. The van der Waals surface area contributed by atoms with Crippen LogP contribution in [0.5, 0.6) is 0 Å². The summed E-state index contributed by atoms with van der Waals surface area (Å²) in [5.41, 5.74) is -0.0346. The van der Waals surface area contributed by atoms with E-state index in [1.165, 1.54) is 12.3 Å². The molecular formula is C14H21N3O3. The van der Waals surface area contributed by atoms with Gasteiger partial charge < -0.3 is 15.7 Å². The molecule has 0 saturated heterocycles. The number of pyridine rings is 1. The van der Waals surface area contributed by atoms with E-state index < -0.39 is 12.0 Å². The average Bonchev–Trinajstić information content (AvgIpc) is 2.36. The van der Waals surface area contributed by atoms with Crippen LogP contribution >= 0.6 is 0 Å². The second-order valence-electron chi connectivity index (χ2n) is 5.66. The summed E-state index contributed by atoms with van der Waals surface area (Å²) in [6.45, 7) is 8.79. The van der Waals surface area contributed by atoms with E-state index in [9.17, 15) is 9.59 Å². The van der Waals surface area contributed by atoms with Crippen molar-refractivity contribution in [2.75, 3.05) is 11.9 Å². The van der Waals surface area contributed by atoms with Gasteiger partial charge in [-0.15, -0.1) is 0 Å². The van der Waals surface area contributed by atoms with Gasteiger partial charge in [-0.1, -0.05) is 27.7 Å². The fourth-order valence-corrected chi connectivity index (χ4v) is 1.36. The molecule has 0 fully saturated rings. The Kier molecular flexibility index (Phi) is 5.07. The highest BCUT2D eigenvalue weighted by Gasteiger charge is 2.23. The molecule has 0 saturated carbocycles. The Morgan fingerprint density at radius 3 is 2.60 bits per heavy atom. The number of carbonyl (C=O) groups excluding carboxylic acids is 1. The lowest BCUT2D eigenvalue weighted by atomic mass is 9.81. The van der Waals surface area contributed by atoms with Crippen LogP contribution in [0.25, 0.3) is 0 Å². The van der Waals surface area contributed by atoms with Crippen LogP contribution in [-0.4, -0.2) is 28.6 Å². The minimum Gasteiger partial charge on any atom is -0.476 e. The van der Waals surface area contributed by atoms with Gasteiger partial charge in [-0.25, -0.2) is 14.6 Å². The molecule has 0 bridgehead atoms. The van der Waals surface area contributed by atoms with Gasteiger partial charge in [0.25, 0.3) is 0 Å². The number of rotatable bonds is 5. The maximum absolute atomic E-state index is 11.8. The Morgan fingerprint density at radius 1 is 1.40 bits per heavy atom. The van der Waals surface area contributed by atoms with Crippen molar-refractivity contribution in [1.82, 2.24) is 10.3 Å². The maximum Gasteiger partial charge on any atom is 0.356 e. The van der Waals surface area contributed by atoms with Crippen molar-refractivity contribution in [3.8, 4) is 0 Å². The van der Waals surface area contributed by atoms with Crippen LogP contribution in [0.2, 0.25) is 0 Å². The van der Waals surface area contributed by atoms with E-state index >= 15 is 0 Å². The van der Waals surface area contributed by atoms with Crippen molar-refractivity contribution in [2.24, 2.45) is 11.3 Å². The number of hydrogen-bond donors (Lipinski definition) is 3. The molecule has 6 heteroatoms. The van der Waals surface area contributed by atoms with Gasteiger partial charge >= 0.3 is 12.0 Å². The van der Waals surface area contributed by atoms with Crippen molar-refractivity contribution >= 4 is 17.7 Å². The number of carboxylic acids is 1. The van der Waals surface area contributed by atoms with Crippen LogP contribution < -0.4 is 10.6 Å². The lowest BCUT2D eigenvalue weighted by Crippen LogP contribution is -2.39. The molecule has 0 atom stereocenters. The Balaban J connectivity index is 2.66. The minimum atomic E-state index is -1.18. The van der Waals surface area contributed by atoms with Gasteiger partial charge in [0.15, 0.2) is 5.69 Å². The average molecular weight is 279 g/mol. The Hall–Kier alpha value is -2.11. The summed E-state index contributed by atoms with van der Waals surface area (Å²) in [4.78, 5) is 26.5. The highest BCUT2D eigenvalue weighted by atomic mass is 16.4. The normalized spacial score (nSPS) is 11.2. The van der Waals surface area contributed by atoms with Gasteiger partial charge in [0.1, 0.15) is 0 Å². The first-order valence-electron chi connectivity index (χ1n) is 6.47. The molecule has 0 aliphatic carbocycles. The molecule has 3 N–H and O–H groups in total. The molecule has 0 aliphatic rings. The predicted molar refractivity (Wildman–Crippen MR) is 76.8 cm³/mol. The van der Waals surface area contributed by atoms with Crippen LogP contribution in [-0.2, 0) is 0 Å². The Labute approximate surface area is 118 Å². The molecule has 0 spiro atoms. The molecular weight excluding hydrogens is 258 g/mol. The van der Waals surface area contributed by atoms with Gasteiger partial charge in [0, 0.05) is 12.7 Å². The lowest BCUT2D eigenvalue weighted by molar-refractivity contribution is 0.0691. The number of hydrogen-bond acceptors (Lipinski definition) is 3. The van der Waals surface area contributed by atoms with Crippen LogP contribution in [0.3, 0.4) is 0 Å². The maximum atomic E-state index is 11.8. The number of nitrogens with zero attached hydrogens (tertiary/aromatic N) is 1. The molecule has 0 unspecified atom stereocenters. The van der Waals surface area contributed by atoms with Gasteiger partial charge in [-0.2, -0.15) is 0 Å². The van der Waals surface area contributed by atoms with E-state index in [-0.39, 0.29) is 16.8 Å². The topological polar surface area (TPSA) is 91.3 Å². The molecule has 0 radical (unpaired) electrons. The van der Waals surface area contributed by atoms with Crippen molar-refractivity contribution in [3.63, 3.8) is 0 Å². The number of urea groups is 1. The fourth-order valence-electron chi connectivity index (χ4n) is 1.36. The molecule has 6 nitrogen and oxygen atoms in total. The van der Waals surface area contributed by atoms with E-state index in [0.717, 1.165) is 0 Å². The number of nitrogens with one attached hydrogen (secondary N) is 2. The van der Waals surface area contributed by atoms with Crippen LogP contribution in [0.4, 0.5) is 10.5 Å². The molecule has 110 valence electrons. The van der Waals surface area contributed by atoms with Gasteiger partial charge in [0.05, 0.1) is 5.69 Å². The fraction of sp³-hybridized carbons (Fsp3) is 0.500. The quantitative estimate of drug-likeness (QED) is 0.772. The standard InChI is InChI=1S/C14H21N3O3/c1-9(2)14(3,4)8-16-13(20)17-10-6-5-7-15-11(10)12(18)19/h5-7,9H,8H2,1-4H3,(H,18,19)(H2,16,17,20). The second-order valence-corrected chi connectivity index (χ2v) is 5.66. The minimum absolute atomic E-state index is 0.0398. The van der Waals surface area contributed by atoms with E-state index in [4.69, 9.17) is 5.11 Å². The third-order valence-corrected chi connectivity index (χ3v) is 3.53. The molecule has 1 aromatic rings. The first-order valence-corrected chi connectivity index (χ1v) is 6.47. The lowest BCUT2D eigenvalue weighted by Gasteiger charge is -2.29. The summed E-state index contributed by atoms with van der Waals surface area (Å²) in [6.07, 6.45) is 1.37. The van der Waals surface area contributed by atoms with E-state index in [1.807, 2.05) is 0 Å². The van der Waals surface area contributed by atoms with Crippen LogP contribution in [0.1, 0.15) is 38.2 Å². The summed E-state index contributed by atoms with van der Waals surface area (Å²) < 4.78 is 0. The molecule has 0 aromatic carbocycles. The van der Waals surface area contributed by atoms with E-state index in [0.29, 0.717) is 12.5 Å². The highest BCUT2D eigenvalue weighted by Crippen LogP contribution is 2.24. The summed E-state index contributed by atoms with van der Waals surface area (Å²) in [5, 5.41) is 14.2. The highest BCUT2D eigenvalue weighted by molar-refractivity contribution is 5.98. The number of amides is 2. The third-order valence-electron chi connectivity index (χ3n) is 3.53. The van der Waals surface area contributed by atoms with E-state index in [1.54, 1.807) is 6.07 Å². The number of aromatic nitrogens is 1. The zero-order valence-electron chi connectivity index (χ0n) is 12.2. The van der Waals surface area contributed by atoms with E-state index in [2.05, 4.69) is 43.3 Å². The first kappa shape index (κ1) is 15.9. The molecule has 1 heterocycles. The van der Waals surface area contributed by atoms with Crippen molar-refractivity contribution < 1.29 is 14.7 Å². The molecule has 2 amide bonds. The van der Waals surface area contributed by atoms with Gasteiger partial charge in [-0.3, -0.25) is 0 Å². The zero-order chi connectivity index (χ0) is 15.3. The predicted octanol–water partition coefficient (Wildman–Crippen LogP) is 2.58. The number of carboxylic acid groups (broad SMARTS) is 1. The number of carbonyl (C=O) groups is 2. The molecule has 1 aromatic heterocycles. The van der Waals surface area contributed by atoms with Crippen molar-refractivity contribution in [3.05, 3.63) is 24.0 Å². The monoisotopic (exact) mass is 279 g/mol.